The van der Waals surface area contributed by atoms with E-state index in [1.807, 2.05) is 6.07 Å². The van der Waals surface area contributed by atoms with Gasteiger partial charge < -0.3 is 9.29 Å². The predicted octanol–water partition coefficient (Wildman–Crippen LogP) is 4.97. The zero-order valence-electron chi connectivity index (χ0n) is 20.1. The Morgan fingerprint density at radius 2 is 1.63 bits per heavy atom. The van der Waals surface area contributed by atoms with Crippen molar-refractivity contribution in [3.8, 4) is 5.75 Å². The van der Waals surface area contributed by atoms with Crippen molar-refractivity contribution in [2.45, 2.75) is 46.1 Å². The molecule has 3 rings (SSSR count). The normalized spacial score (nSPS) is 16.2. The first-order valence-electron chi connectivity index (χ1n) is 11.8. The fourth-order valence-electron chi connectivity index (χ4n) is 3.98. The molecule has 186 valence electrons. The highest BCUT2D eigenvalue weighted by Crippen LogP contribution is 2.39. The lowest BCUT2D eigenvalue weighted by Gasteiger charge is -2.33. The van der Waals surface area contributed by atoms with Crippen LogP contribution in [0.15, 0.2) is 60.7 Å². The molecule has 1 atom stereocenters. The van der Waals surface area contributed by atoms with Crippen LogP contribution in [0.1, 0.15) is 56.2 Å². The number of aliphatic hydroxyl groups is 1. The van der Waals surface area contributed by atoms with Crippen LogP contribution in [0.3, 0.4) is 0 Å². The monoisotopic (exact) mass is 496 g/mol. The largest absolute Gasteiger partial charge is 0.392 e. The Morgan fingerprint density at radius 3 is 2.17 bits per heavy atom. The van der Waals surface area contributed by atoms with Crippen molar-refractivity contribution in [1.82, 2.24) is 0 Å². The molecule has 1 unspecified atom stereocenters. The van der Waals surface area contributed by atoms with Gasteiger partial charge >= 0.3 is 10.1 Å². The van der Waals surface area contributed by atoms with E-state index in [2.05, 4.69) is 0 Å². The summed E-state index contributed by atoms with van der Waals surface area (Å²) in [4.78, 5) is 26.6. The highest BCUT2D eigenvalue weighted by molar-refractivity contribution is 7.87. The second-order valence-corrected chi connectivity index (χ2v) is 11.0. The number of allylic oxidation sites excluding steroid dienone is 2. The van der Waals surface area contributed by atoms with Crippen molar-refractivity contribution < 1.29 is 27.3 Å². The number of aliphatic hydroxyl groups excluding tert-OH is 1. The van der Waals surface area contributed by atoms with E-state index in [1.165, 1.54) is 31.2 Å². The standard InChI is InChI=1S/C28H32O6S/c1-3-35(32,33)34-25-12-6-8-22(18-25)14-16-27(31)28(2,19-23-9-5-10-23)26(30)15-13-21-7-4-11-24(17-21)20-29/h4,6-8,11-18,23,29H,3,5,9-10,19-20H2,1-2H3. The summed E-state index contributed by atoms with van der Waals surface area (Å²) in [5, 5.41) is 9.33. The molecule has 1 aliphatic rings. The summed E-state index contributed by atoms with van der Waals surface area (Å²) < 4.78 is 28.5. The first kappa shape index (κ1) is 26.6. The predicted molar refractivity (Wildman–Crippen MR) is 137 cm³/mol. The number of carbonyl (C=O) groups excluding carboxylic acids is 2. The van der Waals surface area contributed by atoms with Gasteiger partial charge in [-0.2, -0.15) is 8.42 Å². The molecule has 0 aliphatic heterocycles. The minimum Gasteiger partial charge on any atom is -0.392 e. The SMILES string of the molecule is CCS(=O)(=O)Oc1cccc(C=CC(=O)C(C)(CC2CCC2)C(=O)C=Cc2cccc(CO)c2)c1. The maximum absolute atomic E-state index is 13.3. The zero-order chi connectivity index (χ0) is 25.5. The van der Waals surface area contributed by atoms with Crippen LogP contribution < -0.4 is 4.18 Å². The molecule has 1 saturated carbocycles. The van der Waals surface area contributed by atoms with Gasteiger partial charge in [0.25, 0.3) is 0 Å². The second-order valence-electron chi connectivity index (χ2n) is 9.13. The van der Waals surface area contributed by atoms with Gasteiger partial charge in [-0.1, -0.05) is 61.7 Å². The average molecular weight is 497 g/mol. The second kappa shape index (κ2) is 11.6. The van der Waals surface area contributed by atoms with Gasteiger partial charge in [-0.05, 0) is 73.2 Å². The maximum atomic E-state index is 13.3. The van der Waals surface area contributed by atoms with E-state index >= 15 is 0 Å². The summed E-state index contributed by atoms with van der Waals surface area (Å²) in [7, 11) is -3.66. The van der Waals surface area contributed by atoms with Gasteiger partial charge in [0.05, 0.1) is 17.8 Å². The van der Waals surface area contributed by atoms with E-state index in [-0.39, 0.29) is 29.7 Å². The van der Waals surface area contributed by atoms with Crippen LogP contribution in [-0.4, -0.2) is 30.8 Å². The number of benzene rings is 2. The first-order chi connectivity index (χ1) is 16.6. The fraction of sp³-hybridized carbons (Fsp3) is 0.357. The summed E-state index contributed by atoms with van der Waals surface area (Å²) in [6.07, 6.45) is 9.70. The lowest BCUT2D eigenvalue weighted by Crippen LogP contribution is -2.37. The minimum atomic E-state index is -3.66. The summed E-state index contributed by atoms with van der Waals surface area (Å²) in [5.74, 6) is -0.202. The lowest BCUT2D eigenvalue weighted by atomic mass is 9.68. The third kappa shape index (κ3) is 7.23. The third-order valence-electron chi connectivity index (χ3n) is 6.43. The van der Waals surface area contributed by atoms with Gasteiger partial charge in [-0.15, -0.1) is 0 Å². The molecule has 0 saturated heterocycles. The molecule has 0 aromatic heterocycles. The topological polar surface area (TPSA) is 97.7 Å². The molecule has 0 heterocycles. The average Bonchev–Trinajstić information content (AvgIpc) is 2.83. The number of carbonyl (C=O) groups is 2. The maximum Gasteiger partial charge on any atom is 0.308 e. The summed E-state index contributed by atoms with van der Waals surface area (Å²) in [6, 6.07) is 13.7. The molecule has 0 bridgehead atoms. The Kier molecular flexibility index (Phi) is 8.81. The first-order valence-corrected chi connectivity index (χ1v) is 13.4. The minimum absolute atomic E-state index is 0.0884. The summed E-state index contributed by atoms with van der Waals surface area (Å²) >= 11 is 0. The Labute approximate surface area is 207 Å². The lowest BCUT2D eigenvalue weighted by molar-refractivity contribution is -0.135. The van der Waals surface area contributed by atoms with E-state index < -0.39 is 15.5 Å². The Morgan fingerprint density at radius 1 is 1.03 bits per heavy atom. The van der Waals surface area contributed by atoms with Crippen LogP contribution in [0, 0.1) is 11.3 Å². The van der Waals surface area contributed by atoms with E-state index in [0.717, 1.165) is 30.4 Å². The summed E-state index contributed by atoms with van der Waals surface area (Å²) in [5.41, 5.74) is 0.912. The molecule has 2 aromatic carbocycles. The van der Waals surface area contributed by atoms with Gasteiger partial charge in [-0.25, -0.2) is 0 Å². The molecule has 6 nitrogen and oxygen atoms in total. The van der Waals surface area contributed by atoms with Crippen molar-refractivity contribution in [2.24, 2.45) is 11.3 Å². The van der Waals surface area contributed by atoms with E-state index in [1.54, 1.807) is 49.4 Å². The smallest absolute Gasteiger partial charge is 0.308 e. The Hall–Kier alpha value is -3.03. The number of ketones is 2. The molecule has 0 amide bonds. The number of hydrogen-bond acceptors (Lipinski definition) is 6. The van der Waals surface area contributed by atoms with Gasteiger partial charge in [0.2, 0.25) is 0 Å². The zero-order valence-corrected chi connectivity index (χ0v) is 21.0. The van der Waals surface area contributed by atoms with Crippen molar-refractivity contribution >= 4 is 33.8 Å². The van der Waals surface area contributed by atoms with E-state index in [0.29, 0.717) is 17.9 Å². The van der Waals surface area contributed by atoms with Crippen LogP contribution in [0.4, 0.5) is 0 Å². The van der Waals surface area contributed by atoms with Crippen molar-refractivity contribution in [3.05, 3.63) is 77.4 Å². The molecule has 1 N–H and O–H groups in total. The highest BCUT2D eigenvalue weighted by atomic mass is 32.2. The molecule has 7 heteroatoms. The van der Waals surface area contributed by atoms with Gasteiger partial charge in [0, 0.05) is 0 Å². The molecular weight excluding hydrogens is 464 g/mol. The molecular formula is C28H32O6S. The Bertz CT molecular complexity index is 1220. The third-order valence-corrected chi connectivity index (χ3v) is 7.59. The van der Waals surface area contributed by atoms with Gasteiger partial charge in [0.1, 0.15) is 5.75 Å². The molecule has 1 aliphatic carbocycles. The van der Waals surface area contributed by atoms with Crippen LogP contribution >= 0.6 is 0 Å². The quantitative estimate of drug-likeness (QED) is 0.253. The van der Waals surface area contributed by atoms with Crippen LogP contribution in [0.5, 0.6) is 5.75 Å². The molecule has 0 spiro atoms. The Balaban J connectivity index is 1.80. The number of hydrogen-bond donors (Lipinski definition) is 1. The van der Waals surface area contributed by atoms with Crippen molar-refractivity contribution in [2.75, 3.05) is 5.75 Å². The van der Waals surface area contributed by atoms with Crippen LogP contribution in [0.25, 0.3) is 12.2 Å². The molecule has 2 aromatic rings. The number of rotatable bonds is 12. The van der Waals surface area contributed by atoms with Crippen LogP contribution in [-0.2, 0) is 26.3 Å². The summed E-state index contributed by atoms with van der Waals surface area (Å²) in [6.45, 7) is 3.10. The van der Waals surface area contributed by atoms with Gasteiger partial charge in [-0.3, -0.25) is 9.59 Å². The van der Waals surface area contributed by atoms with Crippen LogP contribution in [0.2, 0.25) is 0 Å². The van der Waals surface area contributed by atoms with Crippen molar-refractivity contribution in [3.63, 3.8) is 0 Å². The molecule has 0 radical (unpaired) electrons. The van der Waals surface area contributed by atoms with E-state index in [4.69, 9.17) is 4.18 Å². The van der Waals surface area contributed by atoms with Gasteiger partial charge in [0.15, 0.2) is 11.6 Å². The van der Waals surface area contributed by atoms with Crippen molar-refractivity contribution in [1.29, 1.82) is 0 Å². The van der Waals surface area contributed by atoms with E-state index in [9.17, 15) is 23.1 Å². The fourth-order valence-corrected chi connectivity index (χ4v) is 4.49. The molecule has 35 heavy (non-hydrogen) atoms. The molecule has 1 fully saturated rings. The highest BCUT2D eigenvalue weighted by Gasteiger charge is 2.41.